The molecule has 0 bridgehead atoms. The Hall–Kier alpha value is -3.23. The molecule has 3 aromatic heterocycles. The highest BCUT2D eigenvalue weighted by molar-refractivity contribution is 7.71. The highest BCUT2D eigenvalue weighted by Gasteiger charge is 2.41. The van der Waals surface area contributed by atoms with E-state index in [0.29, 0.717) is 18.3 Å². The number of hydrogen-bond donors (Lipinski definition) is 1. The van der Waals surface area contributed by atoms with Gasteiger partial charge in [-0.05, 0) is 31.3 Å². The minimum Gasteiger partial charge on any atom is -0.381 e. The standard InChI is InChI=1S/C20H15ClF5N7OS/c1-11(19(34,7-31-9-27-8-29-31)14-3-2-13(22)5-16(14)23)33-18(35)32(10-30-33)17-15(21)4-12(6-28-17)20(24,25)26/h2-6,8-11,34H,7H2,1H3/t11-,19-/m1/s1. The zero-order valence-electron chi connectivity index (χ0n) is 17.7. The van der Waals surface area contributed by atoms with Crippen molar-refractivity contribution in [1.29, 1.82) is 0 Å². The largest absolute Gasteiger partial charge is 0.417 e. The number of aromatic nitrogens is 7. The fourth-order valence-corrected chi connectivity index (χ4v) is 4.13. The van der Waals surface area contributed by atoms with Gasteiger partial charge in [-0.25, -0.2) is 28.1 Å². The van der Waals surface area contributed by atoms with E-state index in [-0.39, 0.29) is 27.7 Å². The van der Waals surface area contributed by atoms with Gasteiger partial charge in [0.25, 0.3) is 0 Å². The van der Waals surface area contributed by atoms with E-state index in [9.17, 15) is 27.1 Å². The van der Waals surface area contributed by atoms with Gasteiger partial charge in [-0.15, -0.1) is 0 Å². The summed E-state index contributed by atoms with van der Waals surface area (Å²) in [5.41, 5.74) is -3.38. The molecule has 0 saturated heterocycles. The number of hydrogen-bond acceptors (Lipinski definition) is 6. The quantitative estimate of drug-likeness (QED) is 0.291. The average molecular weight is 532 g/mol. The van der Waals surface area contributed by atoms with Crippen LogP contribution in [0.2, 0.25) is 5.02 Å². The molecule has 8 nitrogen and oxygen atoms in total. The Bertz CT molecular complexity index is 1420. The van der Waals surface area contributed by atoms with Crippen LogP contribution in [0.3, 0.4) is 0 Å². The first-order valence-corrected chi connectivity index (χ1v) is 10.6. The fraction of sp³-hybridized carbons (Fsp3) is 0.250. The van der Waals surface area contributed by atoms with E-state index < -0.39 is 35.0 Å². The molecule has 0 spiro atoms. The van der Waals surface area contributed by atoms with Crippen LogP contribution >= 0.6 is 23.8 Å². The maximum absolute atomic E-state index is 14.8. The van der Waals surface area contributed by atoms with Gasteiger partial charge in [-0.1, -0.05) is 17.7 Å². The van der Waals surface area contributed by atoms with Crippen LogP contribution in [0.25, 0.3) is 5.82 Å². The molecule has 0 aliphatic heterocycles. The Labute approximate surface area is 204 Å². The van der Waals surface area contributed by atoms with Crippen molar-refractivity contribution >= 4 is 23.8 Å². The van der Waals surface area contributed by atoms with E-state index in [1.165, 1.54) is 24.3 Å². The number of benzene rings is 1. The van der Waals surface area contributed by atoms with Crippen LogP contribution in [0.4, 0.5) is 22.0 Å². The van der Waals surface area contributed by atoms with Crippen molar-refractivity contribution in [3.05, 3.63) is 82.0 Å². The Morgan fingerprint density at radius 3 is 2.49 bits per heavy atom. The average Bonchev–Trinajstić information content (AvgIpc) is 3.42. The second kappa shape index (κ2) is 9.09. The van der Waals surface area contributed by atoms with Crippen LogP contribution in [0, 0.1) is 16.4 Å². The van der Waals surface area contributed by atoms with E-state index in [2.05, 4.69) is 20.2 Å². The summed E-state index contributed by atoms with van der Waals surface area (Å²) in [7, 11) is 0. The molecule has 1 aromatic carbocycles. The third-order valence-corrected chi connectivity index (χ3v) is 6.06. The molecular formula is C20H15ClF5N7OS. The first-order chi connectivity index (χ1) is 16.4. The van der Waals surface area contributed by atoms with E-state index >= 15 is 0 Å². The Morgan fingerprint density at radius 1 is 1.14 bits per heavy atom. The van der Waals surface area contributed by atoms with E-state index in [1.54, 1.807) is 0 Å². The van der Waals surface area contributed by atoms with Crippen LogP contribution < -0.4 is 0 Å². The normalized spacial score (nSPS) is 14.6. The zero-order chi connectivity index (χ0) is 25.5. The summed E-state index contributed by atoms with van der Waals surface area (Å²) in [5, 5.41) is 19.4. The number of alkyl halides is 3. The Morgan fingerprint density at radius 2 is 1.89 bits per heavy atom. The molecule has 4 aromatic rings. The van der Waals surface area contributed by atoms with E-state index in [4.69, 9.17) is 23.8 Å². The van der Waals surface area contributed by atoms with Crippen molar-refractivity contribution in [3.8, 4) is 5.82 Å². The van der Waals surface area contributed by atoms with Gasteiger partial charge in [0.2, 0.25) is 4.77 Å². The number of pyridine rings is 1. The van der Waals surface area contributed by atoms with Crippen LogP contribution in [0.15, 0.2) is 49.4 Å². The topological polar surface area (TPSA) is 86.6 Å². The number of halogens is 6. The second-order valence-electron chi connectivity index (χ2n) is 7.57. The van der Waals surface area contributed by atoms with Gasteiger partial charge in [0, 0.05) is 17.8 Å². The Kier molecular flexibility index (Phi) is 6.46. The van der Waals surface area contributed by atoms with E-state index in [0.717, 1.165) is 27.7 Å². The molecule has 4 rings (SSSR count). The van der Waals surface area contributed by atoms with Gasteiger partial charge in [0.15, 0.2) is 5.82 Å². The minimum atomic E-state index is -4.65. The number of rotatable bonds is 6. The van der Waals surface area contributed by atoms with Crippen molar-refractivity contribution in [2.24, 2.45) is 0 Å². The lowest BCUT2D eigenvalue weighted by atomic mass is 9.86. The minimum absolute atomic E-state index is 0.105. The van der Waals surface area contributed by atoms with Gasteiger partial charge >= 0.3 is 6.18 Å². The maximum Gasteiger partial charge on any atom is 0.417 e. The molecule has 0 fully saturated rings. The van der Waals surface area contributed by atoms with Crippen molar-refractivity contribution in [2.75, 3.05) is 0 Å². The lowest BCUT2D eigenvalue weighted by molar-refractivity contribution is -0.137. The summed E-state index contributed by atoms with van der Waals surface area (Å²) in [6.07, 6.45) is -0.393. The molecule has 2 atom stereocenters. The summed E-state index contributed by atoms with van der Waals surface area (Å²) in [6.45, 7) is 1.17. The second-order valence-corrected chi connectivity index (χ2v) is 8.35. The molecule has 0 amide bonds. The Balaban J connectivity index is 1.79. The molecule has 1 N–H and O–H groups in total. The molecule has 15 heteroatoms. The summed E-state index contributed by atoms with van der Waals surface area (Å²) < 4.78 is 70.6. The molecule has 184 valence electrons. The van der Waals surface area contributed by atoms with Crippen molar-refractivity contribution < 1.29 is 27.1 Å². The van der Waals surface area contributed by atoms with Gasteiger partial charge in [-0.3, -0.25) is 4.57 Å². The SMILES string of the molecule is C[C@@H](n1ncn(-c2ncc(C(F)(F)F)cc2Cl)c1=S)[C@](O)(Cn1cncn1)c1ccc(F)cc1F. The predicted octanol–water partition coefficient (Wildman–Crippen LogP) is 4.49. The van der Waals surface area contributed by atoms with Crippen molar-refractivity contribution in [3.63, 3.8) is 0 Å². The van der Waals surface area contributed by atoms with Gasteiger partial charge in [-0.2, -0.15) is 23.4 Å². The molecular weight excluding hydrogens is 517 g/mol. The van der Waals surface area contributed by atoms with Crippen LogP contribution in [0.5, 0.6) is 0 Å². The van der Waals surface area contributed by atoms with Crippen molar-refractivity contribution in [2.45, 2.75) is 31.3 Å². The number of aliphatic hydroxyl groups is 1. The maximum atomic E-state index is 14.8. The molecule has 0 radical (unpaired) electrons. The summed E-state index contributed by atoms with van der Waals surface area (Å²) in [5.74, 6) is -1.99. The summed E-state index contributed by atoms with van der Waals surface area (Å²) in [4.78, 5) is 7.56. The third-order valence-electron chi connectivity index (χ3n) is 5.40. The van der Waals surface area contributed by atoms with Crippen LogP contribution in [-0.4, -0.2) is 39.2 Å². The smallest absolute Gasteiger partial charge is 0.381 e. The first kappa shape index (κ1) is 24.9. The highest BCUT2D eigenvalue weighted by atomic mass is 35.5. The summed E-state index contributed by atoms with van der Waals surface area (Å²) in [6, 6.07) is 2.31. The summed E-state index contributed by atoms with van der Waals surface area (Å²) >= 11 is 11.4. The van der Waals surface area contributed by atoms with Gasteiger partial charge < -0.3 is 5.11 Å². The van der Waals surface area contributed by atoms with Crippen LogP contribution in [0.1, 0.15) is 24.1 Å². The first-order valence-electron chi connectivity index (χ1n) is 9.81. The molecule has 0 saturated carbocycles. The lowest BCUT2D eigenvalue weighted by Crippen LogP contribution is -2.41. The van der Waals surface area contributed by atoms with E-state index in [1.807, 2.05) is 0 Å². The molecule has 0 unspecified atom stereocenters. The van der Waals surface area contributed by atoms with Gasteiger partial charge in [0.05, 0.1) is 23.2 Å². The molecule has 3 heterocycles. The molecule has 35 heavy (non-hydrogen) atoms. The van der Waals surface area contributed by atoms with Crippen molar-refractivity contribution in [1.82, 2.24) is 34.1 Å². The third kappa shape index (κ3) is 4.68. The molecule has 0 aliphatic rings. The fourth-order valence-electron chi connectivity index (χ4n) is 3.54. The monoisotopic (exact) mass is 531 g/mol. The molecule has 0 aliphatic carbocycles. The zero-order valence-corrected chi connectivity index (χ0v) is 19.2. The highest BCUT2D eigenvalue weighted by Crippen LogP contribution is 2.37. The van der Waals surface area contributed by atoms with Crippen LogP contribution in [-0.2, 0) is 18.3 Å². The lowest BCUT2D eigenvalue weighted by Gasteiger charge is -2.34. The number of nitrogens with zero attached hydrogens (tertiary/aromatic N) is 7. The van der Waals surface area contributed by atoms with Gasteiger partial charge in [0.1, 0.15) is 36.2 Å². The predicted molar refractivity (Wildman–Crippen MR) is 115 cm³/mol.